The van der Waals surface area contributed by atoms with Gasteiger partial charge in [0.25, 0.3) is 0 Å². The molecule has 0 aliphatic rings. The standard InChI is InChI=1S/C24H15ClO2/c1-14-20-12-9-16-4-2-3-15-5-6-18(23(20)22(15)16)13-21(14)27-24(26)17-7-10-19(25)11-8-17/h2-13H,1H3. The van der Waals surface area contributed by atoms with Crippen molar-refractivity contribution in [3.8, 4) is 5.75 Å². The lowest BCUT2D eigenvalue weighted by Crippen LogP contribution is -2.09. The van der Waals surface area contributed by atoms with E-state index in [9.17, 15) is 4.79 Å². The van der Waals surface area contributed by atoms with Crippen molar-refractivity contribution >= 4 is 49.9 Å². The first-order valence-electron chi connectivity index (χ1n) is 8.77. The third-order valence-electron chi connectivity index (χ3n) is 5.15. The molecule has 0 saturated heterocycles. The van der Waals surface area contributed by atoms with Crippen molar-refractivity contribution in [2.45, 2.75) is 6.92 Å². The molecule has 0 N–H and O–H groups in total. The van der Waals surface area contributed by atoms with E-state index in [2.05, 4.69) is 42.5 Å². The van der Waals surface area contributed by atoms with Gasteiger partial charge >= 0.3 is 5.97 Å². The summed E-state index contributed by atoms with van der Waals surface area (Å²) >= 11 is 5.90. The molecule has 27 heavy (non-hydrogen) atoms. The maximum Gasteiger partial charge on any atom is 0.343 e. The molecule has 5 aromatic carbocycles. The topological polar surface area (TPSA) is 26.3 Å². The van der Waals surface area contributed by atoms with Crippen LogP contribution in [0.2, 0.25) is 5.02 Å². The van der Waals surface area contributed by atoms with Crippen LogP contribution in [0.1, 0.15) is 15.9 Å². The first kappa shape index (κ1) is 16.1. The van der Waals surface area contributed by atoms with Crippen molar-refractivity contribution in [2.75, 3.05) is 0 Å². The van der Waals surface area contributed by atoms with Crippen LogP contribution in [0.25, 0.3) is 32.3 Å². The van der Waals surface area contributed by atoms with Crippen LogP contribution < -0.4 is 4.74 Å². The van der Waals surface area contributed by atoms with Gasteiger partial charge in [0.1, 0.15) is 5.75 Å². The predicted molar refractivity (Wildman–Crippen MR) is 111 cm³/mol. The fraction of sp³-hybridized carbons (Fsp3) is 0.0417. The molecule has 0 unspecified atom stereocenters. The number of aryl methyl sites for hydroxylation is 1. The van der Waals surface area contributed by atoms with E-state index in [1.54, 1.807) is 24.3 Å². The second kappa shape index (κ2) is 5.97. The highest BCUT2D eigenvalue weighted by atomic mass is 35.5. The Morgan fingerprint density at radius 1 is 0.815 bits per heavy atom. The van der Waals surface area contributed by atoms with Crippen LogP contribution in [0.4, 0.5) is 0 Å². The molecule has 0 atom stereocenters. The highest BCUT2D eigenvalue weighted by molar-refractivity contribution is 6.30. The number of hydrogen-bond donors (Lipinski definition) is 0. The van der Waals surface area contributed by atoms with Crippen molar-refractivity contribution < 1.29 is 9.53 Å². The zero-order valence-electron chi connectivity index (χ0n) is 14.6. The fourth-order valence-electron chi connectivity index (χ4n) is 3.77. The molecule has 3 heteroatoms. The molecule has 0 bridgehead atoms. The molecule has 0 heterocycles. The highest BCUT2D eigenvalue weighted by Gasteiger charge is 2.16. The molecule has 0 aliphatic heterocycles. The maximum absolute atomic E-state index is 12.6. The Hall–Kier alpha value is -3.10. The molecule has 0 aromatic heterocycles. The Bertz CT molecular complexity index is 1300. The molecule has 0 saturated carbocycles. The molecule has 0 amide bonds. The smallest absolute Gasteiger partial charge is 0.343 e. The average molecular weight is 371 g/mol. The van der Waals surface area contributed by atoms with Gasteiger partial charge in [0.15, 0.2) is 0 Å². The molecule has 0 spiro atoms. The van der Waals surface area contributed by atoms with Crippen molar-refractivity contribution in [2.24, 2.45) is 0 Å². The van der Waals surface area contributed by atoms with Gasteiger partial charge in [-0.2, -0.15) is 0 Å². The van der Waals surface area contributed by atoms with Gasteiger partial charge in [0.05, 0.1) is 5.56 Å². The summed E-state index contributed by atoms with van der Waals surface area (Å²) in [5.41, 5.74) is 1.44. The Morgan fingerprint density at radius 3 is 2.22 bits per heavy atom. The van der Waals surface area contributed by atoms with Crippen molar-refractivity contribution in [1.29, 1.82) is 0 Å². The van der Waals surface area contributed by atoms with E-state index in [1.165, 1.54) is 21.5 Å². The van der Waals surface area contributed by atoms with Crippen molar-refractivity contribution in [1.82, 2.24) is 0 Å². The lowest BCUT2D eigenvalue weighted by molar-refractivity contribution is 0.0734. The highest BCUT2D eigenvalue weighted by Crippen LogP contribution is 2.39. The number of carbonyl (C=O) groups excluding carboxylic acids is 1. The Kier molecular flexibility index (Phi) is 3.56. The van der Waals surface area contributed by atoms with Crippen LogP contribution in [0.3, 0.4) is 0 Å². The average Bonchev–Trinajstić information content (AvgIpc) is 2.69. The molecular formula is C24H15ClO2. The number of halogens is 1. The van der Waals surface area contributed by atoms with E-state index in [-0.39, 0.29) is 5.97 Å². The SMILES string of the molecule is Cc1c(OC(=O)c2ccc(Cl)cc2)cc2ccc3cccc4ccc1c2c34. The molecule has 130 valence electrons. The summed E-state index contributed by atoms with van der Waals surface area (Å²) in [5, 5.41) is 7.67. The van der Waals surface area contributed by atoms with Gasteiger partial charge in [-0.05, 0) is 75.1 Å². The lowest BCUT2D eigenvalue weighted by Gasteiger charge is -2.15. The quantitative estimate of drug-likeness (QED) is 0.195. The molecule has 0 radical (unpaired) electrons. The first-order chi connectivity index (χ1) is 13.1. The van der Waals surface area contributed by atoms with Gasteiger partial charge in [0, 0.05) is 5.02 Å². The number of carbonyl (C=O) groups is 1. The molecule has 5 rings (SSSR count). The Balaban J connectivity index is 1.68. The second-order valence-corrected chi connectivity index (χ2v) is 7.19. The number of ether oxygens (including phenoxy) is 1. The minimum atomic E-state index is -0.386. The van der Waals surface area contributed by atoms with E-state index < -0.39 is 0 Å². The second-order valence-electron chi connectivity index (χ2n) is 6.75. The first-order valence-corrected chi connectivity index (χ1v) is 9.14. The Morgan fingerprint density at radius 2 is 1.48 bits per heavy atom. The molecule has 0 aliphatic carbocycles. The fourth-order valence-corrected chi connectivity index (χ4v) is 3.90. The monoisotopic (exact) mass is 370 g/mol. The summed E-state index contributed by atoms with van der Waals surface area (Å²) in [6.07, 6.45) is 0. The Labute approximate surface area is 161 Å². The van der Waals surface area contributed by atoms with Crippen molar-refractivity contribution in [3.05, 3.63) is 88.9 Å². The minimum Gasteiger partial charge on any atom is -0.423 e. The zero-order valence-corrected chi connectivity index (χ0v) is 15.4. The van der Waals surface area contributed by atoms with E-state index in [0.717, 1.165) is 16.3 Å². The molecular weight excluding hydrogens is 356 g/mol. The van der Waals surface area contributed by atoms with Gasteiger partial charge in [-0.1, -0.05) is 54.1 Å². The summed E-state index contributed by atoms with van der Waals surface area (Å²) < 4.78 is 5.74. The zero-order chi connectivity index (χ0) is 18.5. The largest absolute Gasteiger partial charge is 0.423 e. The number of benzene rings is 5. The number of esters is 1. The van der Waals surface area contributed by atoms with E-state index >= 15 is 0 Å². The third-order valence-corrected chi connectivity index (χ3v) is 5.40. The van der Waals surface area contributed by atoms with Gasteiger partial charge in [-0.25, -0.2) is 4.79 Å². The van der Waals surface area contributed by atoms with Crippen LogP contribution in [-0.4, -0.2) is 5.97 Å². The molecule has 0 fully saturated rings. The lowest BCUT2D eigenvalue weighted by atomic mass is 9.92. The van der Waals surface area contributed by atoms with Crippen LogP contribution in [0, 0.1) is 6.92 Å². The van der Waals surface area contributed by atoms with E-state index in [4.69, 9.17) is 16.3 Å². The van der Waals surface area contributed by atoms with E-state index in [0.29, 0.717) is 16.3 Å². The summed E-state index contributed by atoms with van der Waals surface area (Å²) in [6, 6.07) is 23.4. The van der Waals surface area contributed by atoms with Gasteiger partial charge in [0.2, 0.25) is 0 Å². The third kappa shape index (κ3) is 2.53. The van der Waals surface area contributed by atoms with E-state index in [1.807, 2.05) is 13.0 Å². The van der Waals surface area contributed by atoms with Crippen LogP contribution in [0.15, 0.2) is 72.8 Å². The van der Waals surface area contributed by atoms with Gasteiger partial charge in [-0.15, -0.1) is 0 Å². The normalized spacial score (nSPS) is 11.5. The summed E-state index contributed by atoms with van der Waals surface area (Å²) in [6.45, 7) is 2.00. The van der Waals surface area contributed by atoms with Gasteiger partial charge < -0.3 is 4.74 Å². The summed E-state index contributed by atoms with van der Waals surface area (Å²) in [7, 11) is 0. The summed E-state index contributed by atoms with van der Waals surface area (Å²) in [5.74, 6) is 0.198. The van der Waals surface area contributed by atoms with Crippen molar-refractivity contribution in [3.63, 3.8) is 0 Å². The van der Waals surface area contributed by atoms with Crippen LogP contribution >= 0.6 is 11.6 Å². The van der Waals surface area contributed by atoms with Gasteiger partial charge in [-0.3, -0.25) is 0 Å². The number of hydrogen-bond acceptors (Lipinski definition) is 2. The molecule has 2 nitrogen and oxygen atoms in total. The van der Waals surface area contributed by atoms with Crippen LogP contribution in [-0.2, 0) is 0 Å². The predicted octanol–water partition coefficient (Wildman–Crippen LogP) is 6.77. The number of rotatable bonds is 2. The maximum atomic E-state index is 12.6. The molecule has 5 aromatic rings. The summed E-state index contributed by atoms with van der Waals surface area (Å²) in [4.78, 5) is 12.6. The minimum absolute atomic E-state index is 0.386. The van der Waals surface area contributed by atoms with Crippen LogP contribution in [0.5, 0.6) is 5.75 Å².